The first-order valence-corrected chi connectivity index (χ1v) is 7.10. The lowest BCUT2D eigenvalue weighted by molar-refractivity contribution is -0.0637. The summed E-state index contributed by atoms with van der Waals surface area (Å²) in [5.41, 5.74) is 3.83. The zero-order valence-corrected chi connectivity index (χ0v) is 12.1. The van der Waals surface area contributed by atoms with Crippen molar-refractivity contribution in [1.82, 2.24) is 0 Å². The van der Waals surface area contributed by atoms with Crippen molar-refractivity contribution < 1.29 is 0 Å². The topological polar surface area (TPSA) is 0 Å². The Morgan fingerprint density at radius 2 is 2.00 bits per heavy atom. The Morgan fingerprint density at radius 3 is 2.59 bits per heavy atom. The maximum Gasteiger partial charge on any atom is -0.0203 e. The van der Waals surface area contributed by atoms with E-state index in [9.17, 15) is 0 Å². The van der Waals surface area contributed by atoms with Gasteiger partial charge in [-0.25, -0.2) is 0 Å². The van der Waals surface area contributed by atoms with Crippen LogP contribution in [0, 0.1) is 22.7 Å². The smallest absolute Gasteiger partial charge is 0.0203 e. The maximum atomic E-state index is 4.27. The van der Waals surface area contributed by atoms with E-state index in [1.165, 1.54) is 43.3 Å². The Bertz CT molecular complexity index is 351. The molecule has 0 heteroatoms. The van der Waals surface area contributed by atoms with Crippen molar-refractivity contribution in [2.45, 2.75) is 59.8 Å². The molecule has 2 fully saturated rings. The van der Waals surface area contributed by atoms with E-state index >= 15 is 0 Å². The molecule has 96 valence electrons. The fourth-order valence-electron chi connectivity index (χ4n) is 4.43. The molecule has 0 aromatic heterocycles. The Morgan fingerprint density at radius 1 is 1.35 bits per heavy atom. The lowest BCUT2D eigenvalue weighted by Crippen LogP contribution is -2.50. The van der Waals surface area contributed by atoms with Crippen LogP contribution in [0.2, 0.25) is 0 Å². The van der Waals surface area contributed by atoms with Crippen LogP contribution in [-0.2, 0) is 0 Å². The van der Waals surface area contributed by atoms with Gasteiger partial charge in [-0.2, -0.15) is 0 Å². The molecular formula is C17H28. The molecule has 0 aliphatic heterocycles. The van der Waals surface area contributed by atoms with Gasteiger partial charge >= 0.3 is 0 Å². The zero-order valence-electron chi connectivity index (χ0n) is 12.1. The molecule has 0 amide bonds. The summed E-state index contributed by atoms with van der Waals surface area (Å²) in [5, 5.41) is 0. The SMILES string of the molecule is C=C1CC(C)C2(C)CC(C(=C)C)CCC2(C)C1. The summed E-state index contributed by atoms with van der Waals surface area (Å²) < 4.78 is 0. The van der Waals surface area contributed by atoms with Crippen LogP contribution < -0.4 is 0 Å². The quantitative estimate of drug-likeness (QED) is 0.534. The number of hydrogen-bond donors (Lipinski definition) is 0. The minimum Gasteiger partial charge on any atom is -0.0999 e. The van der Waals surface area contributed by atoms with Gasteiger partial charge in [-0.15, -0.1) is 0 Å². The molecule has 2 saturated carbocycles. The minimum absolute atomic E-state index is 0.480. The zero-order chi connectivity index (χ0) is 12.8. The van der Waals surface area contributed by atoms with Crippen molar-refractivity contribution in [3.05, 3.63) is 24.3 Å². The Hall–Kier alpha value is -0.520. The molecule has 0 aromatic carbocycles. The van der Waals surface area contributed by atoms with Gasteiger partial charge in [-0.3, -0.25) is 0 Å². The van der Waals surface area contributed by atoms with Gasteiger partial charge < -0.3 is 0 Å². The van der Waals surface area contributed by atoms with Gasteiger partial charge in [-0.05, 0) is 61.7 Å². The van der Waals surface area contributed by atoms with Crippen LogP contribution in [0.3, 0.4) is 0 Å². The van der Waals surface area contributed by atoms with Gasteiger partial charge in [-0.1, -0.05) is 45.1 Å². The van der Waals surface area contributed by atoms with Crippen LogP contribution in [0.5, 0.6) is 0 Å². The molecule has 0 saturated heterocycles. The molecule has 2 aliphatic rings. The van der Waals surface area contributed by atoms with Gasteiger partial charge in [0.05, 0.1) is 0 Å². The summed E-state index contributed by atoms with van der Waals surface area (Å²) in [4.78, 5) is 0. The molecule has 4 unspecified atom stereocenters. The van der Waals surface area contributed by atoms with Crippen LogP contribution in [0.4, 0.5) is 0 Å². The Balaban J connectivity index is 2.30. The van der Waals surface area contributed by atoms with E-state index in [1.54, 1.807) is 0 Å². The number of hydrogen-bond acceptors (Lipinski definition) is 0. The van der Waals surface area contributed by atoms with Crippen molar-refractivity contribution in [3.8, 4) is 0 Å². The fourth-order valence-corrected chi connectivity index (χ4v) is 4.43. The van der Waals surface area contributed by atoms with Crippen LogP contribution >= 0.6 is 0 Å². The van der Waals surface area contributed by atoms with Gasteiger partial charge in [0.2, 0.25) is 0 Å². The normalized spacial score (nSPS) is 46.5. The van der Waals surface area contributed by atoms with E-state index < -0.39 is 0 Å². The highest BCUT2D eigenvalue weighted by molar-refractivity contribution is 5.16. The van der Waals surface area contributed by atoms with E-state index in [4.69, 9.17) is 0 Å². The second kappa shape index (κ2) is 4.00. The largest absolute Gasteiger partial charge is 0.0999 e. The molecule has 17 heavy (non-hydrogen) atoms. The minimum atomic E-state index is 0.480. The first-order chi connectivity index (χ1) is 7.78. The van der Waals surface area contributed by atoms with Crippen molar-refractivity contribution in [1.29, 1.82) is 0 Å². The first kappa shape index (κ1) is 12.9. The van der Waals surface area contributed by atoms with Gasteiger partial charge in [0.1, 0.15) is 0 Å². The van der Waals surface area contributed by atoms with Crippen LogP contribution in [0.1, 0.15) is 59.8 Å². The Labute approximate surface area is 107 Å². The predicted octanol–water partition coefficient (Wildman–Crippen LogP) is 5.36. The van der Waals surface area contributed by atoms with Gasteiger partial charge in [0.15, 0.2) is 0 Å². The fraction of sp³-hybridized carbons (Fsp3) is 0.765. The Kier molecular flexibility index (Phi) is 3.04. The predicted molar refractivity (Wildman–Crippen MR) is 75.9 cm³/mol. The third kappa shape index (κ3) is 1.90. The molecule has 0 aromatic rings. The van der Waals surface area contributed by atoms with Crippen molar-refractivity contribution in [2.75, 3.05) is 0 Å². The molecule has 4 atom stereocenters. The standard InChI is InChI=1S/C17H28/c1-12(2)15-7-8-16(5)10-13(3)9-14(4)17(16,6)11-15/h14-15H,1,3,7-11H2,2,4-6H3. The highest BCUT2D eigenvalue weighted by Gasteiger charge is 2.53. The van der Waals surface area contributed by atoms with Crippen LogP contribution in [0.15, 0.2) is 24.3 Å². The molecule has 0 heterocycles. The number of fused-ring (bicyclic) bond motifs is 1. The van der Waals surface area contributed by atoms with Crippen molar-refractivity contribution in [3.63, 3.8) is 0 Å². The second-order valence-corrected chi connectivity index (χ2v) is 7.30. The third-order valence-corrected chi connectivity index (χ3v) is 6.11. The number of allylic oxidation sites excluding steroid dienone is 2. The summed E-state index contributed by atoms with van der Waals surface area (Å²) >= 11 is 0. The summed E-state index contributed by atoms with van der Waals surface area (Å²) in [7, 11) is 0. The van der Waals surface area contributed by atoms with Crippen LogP contribution in [0.25, 0.3) is 0 Å². The van der Waals surface area contributed by atoms with E-state index in [1.807, 2.05) is 0 Å². The van der Waals surface area contributed by atoms with E-state index in [0.717, 1.165) is 11.8 Å². The highest BCUT2D eigenvalue weighted by Crippen LogP contribution is 2.63. The number of rotatable bonds is 1. The van der Waals surface area contributed by atoms with Crippen LogP contribution in [-0.4, -0.2) is 0 Å². The molecule has 0 nitrogen and oxygen atoms in total. The molecule has 0 radical (unpaired) electrons. The highest BCUT2D eigenvalue weighted by atomic mass is 14.6. The molecular weight excluding hydrogens is 204 g/mol. The van der Waals surface area contributed by atoms with E-state index in [2.05, 4.69) is 40.9 Å². The lowest BCUT2D eigenvalue weighted by Gasteiger charge is -2.59. The van der Waals surface area contributed by atoms with Crippen molar-refractivity contribution >= 4 is 0 Å². The molecule has 2 aliphatic carbocycles. The first-order valence-electron chi connectivity index (χ1n) is 7.10. The lowest BCUT2D eigenvalue weighted by atomic mass is 9.45. The average molecular weight is 232 g/mol. The monoisotopic (exact) mass is 232 g/mol. The molecule has 0 N–H and O–H groups in total. The maximum absolute atomic E-state index is 4.27. The third-order valence-electron chi connectivity index (χ3n) is 6.11. The molecule has 0 bridgehead atoms. The summed E-state index contributed by atoms with van der Waals surface area (Å²) in [6.45, 7) is 18.1. The van der Waals surface area contributed by atoms with Gasteiger partial charge in [0, 0.05) is 0 Å². The molecule has 0 spiro atoms. The second-order valence-electron chi connectivity index (χ2n) is 7.30. The average Bonchev–Trinajstić information content (AvgIpc) is 2.20. The van der Waals surface area contributed by atoms with Gasteiger partial charge in [0.25, 0.3) is 0 Å². The summed E-state index contributed by atoms with van der Waals surface area (Å²) in [6, 6.07) is 0. The van der Waals surface area contributed by atoms with Crippen molar-refractivity contribution in [2.24, 2.45) is 22.7 Å². The van der Waals surface area contributed by atoms with E-state index in [-0.39, 0.29) is 0 Å². The summed E-state index contributed by atoms with van der Waals surface area (Å²) in [6.07, 6.45) is 6.50. The molecule has 2 rings (SSSR count). The summed E-state index contributed by atoms with van der Waals surface area (Å²) in [5.74, 6) is 1.53. The van der Waals surface area contributed by atoms with E-state index in [0.29, 0.717) is 10.8 Å².